The molecule has 2 N–H and O–H groups in total. The molecule has 0 aromatic carbocycles. The Morgan fingerprint density at radius 2 is 2.10 bits per heavy atom. The summed E-state index contributed by atoms with van der Waals surface area (Å²) in [7, 11) is 1.73. The molecule has 1 unspecified atom stereocenters. The summed E-state index contributed by atoms with van der Waals surface area (Å²) in [5, 5.41) is 0. The molecule has 112 valence electrons. The van der Waals surface area contributed by atoms with Crippen LogP contribution in [0.25, 0.3) is 0 Å². The predicted octanol–water partition coefficient (Wildman–Crippen LogP) is 2.50. The summed E-state index contributed by atoms with van der Waals surface area (Å²) in [4.78, 5) is 11.5. The van der Waals surface area contributed by atoms with Crippen molar-refractivity contribution in [1.82, 2.24) is 9.97 Å². The average Bonchev–Trinajstić information content (AvgIpc) is 3.27. The minimum absolute atomic E-state index is 0.408. The Hall–Kier alpha value is -1.36. The van der Waals surface area contributed by atoms with E-state index >= 15 is 0 Å². The first-order valence-electron chi connectivity index (χ1n) is 7.48. The topological polar surface area (TPSA) is 64.3 Å². The molecule has 1 aliphatic rings. The summed E-state index contributed by atoms with van der Waals surface area (Å²) in [6, 6.07) is 0.408. The lowest BCUT2D eigenvalue weighted by Crippen LogP contribution is -2.37. The van der Waals surface area contributed by atoms with E-state index in [9.17, 15) is 0 Å². The van der Waals surface area contributed by atoms with Crippen molar-refractivity contribution in [3.63, 3.8) is 0 Å². The molecule has 0 aliphatic heterocycles. The first-order valence-corrected chi connectivity index (χ1v) is 7.48. The molecule has 1 aromatic rings. The third-order valence-corrected chi connectivity index (χ3v) is 4.05. The van der Waals surface area contributed by atoms with Crippen LogP contribution in [-0.2, 0) is 4.74 Å². The molecule has 1 fully saturated rings. The quantitative estimate of drug-likeness (QED) is 0.830. The Morgan fingerprint density at radius 1 is 1.40 bits per heavy atom. The van der Waals surface area contributed by atoms with E-state index in [1.165, 1.54) is 12.8 Å². The van der Waals surface area contributed by atoms with Gasteiger partial charge >= 0.3 is 0 Å². The second-order valence-electron chi connectivity index (χ2n) is 5.63. The van der Waals surface area contributed by atoms with Crippen LogP contribution in [0.4, 0.5) is 11.6 Å². The van der Waals surface area contributed by atoms with Crippen molar-refractivity contribution in [3.8, 4) is 0 Å². The number of nitrogen functional groups attached to an aromatic ring is 1. The van der Waals surface area contributed by atoms with Gasteiger partial charge in [0.15, 0.2) is 0 Å². The van der Waals surface area contributed by atoms with E-state index < -0.39 is 0 Å². The number of nitrogens with two attached hydrogens (primary N) is 1. The van der Waals surface area contributed by atoms with Crippen molar-refractivity contribution in [2.24, 2.45) is 0 Å². The van der Waals surface area contributed by atoms with E-state index in [0.29, 0.717) is 24.4 Å². The maximum Gasteiger partial charge on any atom is 0.137 e. The summed E-state index contributed by atoms with van der Waals surface area (Å²) < 4.78 is 5.23. The van der Waals surface area contributed by atoms with Gasteiger partial charge in [-0.05, 0) is 33.1 Å². The molecule has 1 heterocycles. The van der Waals surface area contributed by atoms with Crippen LogP contribution in [0.3, 0.4) is 0 Å². The van der Waals surface area contributed by atoms with Gasteiger partial charge in [0.05, 0.1) is 6.61 Å². The molecule has 1 atom stereocenters. The number of anilines is 2. The van der Waals surface area contributed by atoms with Gasteiger partial charge in [0, 0.05) is 31.2 Å². The second-order valence-corrected chi connectivity index (χ2v) is 5.63. The molecule has 2 rings (SSSR count). The van der Waals surface area contributed by atoms with E-state index in [1.807, 2.05) is 6.92 Å². The number of rotatable bonds is 7. The third-order valence-electron chi connectivity index (χ3n) is 4.05. The Kier molecular flexibility index (Phi) is 4.81. The van der Waals surface area contributed by atoms with Crippen molar-refractivity contribution in [2.45, 2.75) is 52.0 Å². The van der Waals surface area contributed by atoms with Gasteiger partial charge < -0.3 is 15.4 Å². The van der Waals surface area contributed by atoms with Gasteiger partial charge in [0.25, 0.3) is 0 Å². The molecule has 0 amide bonds. The number of hydrogen-bond donors (Lipinski definition) is 1. The lowest BCUT2D eigenvalue weighted by atomic mass is 10.2. The van der Waals surface area contributed by atoms with E-state index in [2.05, 4.69) is 23.7 Å². The van der Waals surface area contributed by atoms with Crippen LogP contribution in [0, 0.1) is 6.92 Å². The number of aromatic nitrogens is 2. The molecule has 20 heavy (non-hydrogen) atoms. The van der Waals surface area contributed by atoms with Gasteiger partial charge in [0.2, 0.25) is 0 Å². The van der Waals surface area contributed by atoms with Crippen molar-refractivity contribution < 1.29 is 4.74 Å². The molecule has 0 bridgehead atoms. The van der Waals surface area contributed by atoms with E-state index in [1.54, 1.807) is 7.11 Å². The molecule has 1 saturated carbocycles. The van der Waals surface area contributed by atoms with Crippen molar-refractivity contribution in [2.75, 3.05) is 30.9 Å². The smallest absolute Gasteiger partial charge is 0.137 e. The molecule has 0 spiro atoms. The fourth-order valence-corrected chi connectivity index (χ4v) is 2.29. The largest absolute Gasteiger partial charge is 0.383 e. The highest BCUT2D eigenvalue weighted by molar-refractivity contribution is 5.57. The monoisotopic (exact) mass is 278 g/mol. The second kappa shape index (κ2) is 6.39. The maximum atomic E-state index is 6.09. The normalized spacial score (nSPS) is 16.2. The molecular weight excluding hydrogens is 252 g/mol. The fourth-order valence-electron chi connectivity index (χ4n) is 2.29. The Morgan fingerprint density at radius 3 is 2.65 bits per heavy atom. The van der Waals surface area contributed by atoms with Gasteiger partial charge in [-0.3, -0.25) is 0 Å². The van der Waals surface area contributed by atoms with Crippen molar-refractivity contribution in [3.05, 3.63) is 11.4 Å². The molecule has 5 nitrogen and oxygen atoms in total. The first-order chi connectivity index (χ1) is 9.58. The van der Waals surface area contributed by atoms with Crippen LogP contribution < -0.4 is 10.6 Å². The maximum absolute atomic E-state index is 6.09. The minimum Gasteiger partial charge on any atom is -0.383 e. The van der Waals surface area contributed by atoms with E-state index in [0.717, 1.165) is 30.2 Å². The zero-order valence-corrected chi connectivity index (χ0v) is 13.0. The van der Waals surface area contributed by atoms with Crippen molar-refractivity contribution >= 4 is 11.6 Å². The summed E-state index contributed by atoms with van der Waals surface area (Å²) in [6.45, 7) is 7.92. The fraction of sp³-hybridized carbons (Fsp3) is 0.733. The molecular formula is C15H26N4O. The van der Waals surface area contributed by atoms with Gasteiger partial charge in [-0.2, -0.15) is 0 Å². The van der Waals surface area contributed by atoms with E-state index in [4.69, 9.17) is 15.5 Å². The van der Waals surface area contributed by atoms with Gasteiger partial charge in [-0.25, -0.2) is 9.97 Å². The minimum atomic E-state index is 0.408. The number of hydrogen-bond acceptors (Lipinski definition) is 5. The highest BCUT2D eigenvalue weighted by Crippen LogP contribution is 2.39. The van der Waals surface area contributed by atoms with Gasteiger partial charge in [0.1, 0.15) is 17.5 Å². The van der Waals surface area contributed by atoms with Gasteiger partial charge in [-0.15, -0.1) is 0 Å². The van der Waals surface area contributed by atoms with Crippen LogP contribution in [0.2, 0.25) is 0 Å². The summed E-state index contributed by atoms with van der Waals surface area (Å²) in [5.74, 6) is 3.01. The zero-order chi connectivity index (χ0) is 14.7. The molecule has 1 aliphatic carbocycles. The number of ether oxygens (including phenoxy) is 1. The lowest BCUT2D eigenvalue weighted by Gasteiger charge is -2.31. The van der Waals surface area contributed by atoms with Crippen LogP contribution in [0.15, 0.2) is 0 Å². The van der Waals surface area contributed by atoms with Crippen LogP contribution in [0.1, 0.15) is 50.4 Å². The Balaban J connectivity index is 2.34. The Labute approximate surface area is 121 Å². The van der Waals surface area contributed by atoms with Crippen LogP contribution >= 0.6 is 0 Å². The van der Waals surface area contributed by atoms with E-state index in [-0.39, 0.29) is 0 Å². The summed E-state index contributed by atoms with van der Waals surface area (Å²) >= 11 is 0. The average molecular weight is 278 g/mol. The molecule has 0 radical (unpaired) electrons. The highest BCUT2D eigenvalue weighted by Gasteiger charge is 2.29. The van der Waals surface area contributed by atoms with Gasteiger partial charge in [-0.1, -0.05) is 6.92 Å². The standard InChI is InChI=1S/C15H26N4O/c1-5-10(2)19(8-9-20-4)15-11(3)13(16)17-14(18-15)12-6-7-12/h10,12H,5-9H2,1-4H3,(H2,16,17,18). The zero-order valence-electron chi connectivity index (χ0n) is 13.0. The van der Waals surface area contributed by atoms with Crippen molar-refractivity contribution in [1.29, 1.82) is 0 Å². The SMILES string of the molecule is CCC(C)N(CCOC)c1nc(C2CC2)nc(N)c1C. The molecule has 0 saturated heterocycles. The number of nitrogens with zero attached hydrogens (tertiary/aromatic N) is 3. The highest BCUT2D eigenvalue weighted by atomic mass is 16.5. The van der Waals surface area contributed by atoms with Crippen LogP contribution in [0.5, 0.6) is 0 Å². The molecule has 5 heteroatoms. The third kappa shape index (κ3) is 3.20. The van der Waals surface area contributed by atoms with Crippen LogP contribution in [-0.4, -0.2) is 36.3 Å². The Bertz CT molecular complexity index is 459. The number of methoxy groups -OCH3 is 1. The first kappa shape index (κ1) is 15.0. The summed E-state index contributed by atoms with van der Waals surface area (Å²) in [6.07, 6.45) is 3.43. The predicted molar refractivity (Wildman–Crippen MR) is 82.1 cm³/mol. The lowest BCUT2D eigenvalue weighted by molar-refractivity contribution is 0.203. The summed E-state index contributed by atoms with van der Waals surface area (Å²) in [5.41, 5.74) is 7.06. The molecule has 1 aromatic heterocycles.